The van der Waals surface area contributed by atoms with E-state index >= 15 is 0 Å². The van der Waals surface area contributed by atoms with Crippen LogP contribution in [0.25, 0.3) is 0 Å². The van der Waals surface area contributed by atoms with Gasteiger partial charge in [-0.25, -0.2) is 0 Å². The quantitative estimate of drug-likeness (QED) is 0.328. The van der Waals surface area contributed by atoms with Crippen LogP contribution in [0.5, 0.6) is 5.75 Å². The summed E-state index contributed by atoms with van der Waals surface area (Å²) in [4.78, 5) is 7.05. The van der Waals surface area contributed by atoms with E-state index in [2.05, 4.69) is 69.8 Å². The van der Waals surface area contributed by atoms with Gasteiger partial charge in [0.05, 0.1) is 7.11 Å². The molecule has 2 heterocycles. The third kappa shape index (κ3) is 5.95. The molecule has 2 saturated heterocycles. The zero-order chi connectivity index (χ0) is 21.5. The second-order valence-corrected chi connectivity index (χ2v) is 8.81. The number of halogens is 1. The van der Waals surface area contributed by atoms with Crippen LogP contribution in [0.3, 0.4) is 0 Å². The Balaban J connectivity index is 0.00000289. The van der Waals surface area contributed by atoms with E-state index in [1.165, 1.54) is 17.5 Å². The fraction of sp³-hybridized carbons (Fsp3) is 0.500. The molecule has 174 valence electrons. The van der Waals surface area contributed by atoms with Gasteiger partial charge in [0.2, 0.25) is 0 Å². The predicted octanol–water partition coefficient (Wildman–Crippen LogP) is 4.50. The van der Waals surface area contributed by atoms with Crippen molar-refractivity contribution in [2.75, 3.05) is 47.0 Å². The van der Waals surface area contributed by atoms with Crippen LogP contribution in [-0.2, 0) is 16.6 Å². The van der Waals surface area contributed by atoms with Gasteiger partial charge in [0, 0.05) is 45.3 Å². The molecular formula is C26H36IN3O2. The van der Waals surface area contributed by atoms with Crippen molar-refractivity contribution >= 4 is 29.9 Å². The zero-order valence-corrected chi connectivity index (χ0v) is 21.6. The van der Waals surface area contributed by atoms with Crippen LogP contribution in [0.15, 0.2) is 59.6 Å². The molecule has 0 aromatic heterocycles. The van der Waals surface area contributed by atoms with Crippen molar-refractivity contribution in [1.29, 1.82) is 0 Å². The van der Waals surface area contributed by atoms with Crippen LogP contribution in [0.4, 0.5) is 0 Å². The molecule has 32 heavy (non-hydrogen) atoms. The smallest absolute Gasteiger partial charge is 0.193 e. The van der Waals surface area contributed by atoms with E-state index in [-0.39, 0.29) is 29.4 Å². The molecule has 0 bridgehead atoms. The number of nitrogens with zero attached hydrogens (tertiary/aromatic N) is 2. The maximum absolute atomic E-state index is 5.70. The van der Waals surface area contributed by atoms with Gasteiger partial charge in [-0.2, -0.15) is 0 Å². The van der Waals surface area contributed by atoms with Crippen molar-refractivity contribution in [3.05, 3.63) is 65.7 Å². The number of hydrogen-bond donors (Lipinski definition) is 1. The number of likely N-dealkylation sites (tertiary alicyclic amines) is 1. The summed E-state index contributed by atoms with van der Waals surface area (Å²) in [5.74, 6) is 2.60. The lowest BCUT2D eigenvalue weighted by Crippen LogP contribution is -2.48. The van der Waals surface area contributed by atoms with E-state index in [4.69, 9.17) is 9.47 Å². The molecular weight excluding hydrogens is 513 g/mol. The molecule has 2 aromatic rings. The van der Waals surface area contributed by atoms with Crippen LogP contribution in [0.2, 0.25) is 0 Å². The minimum atomic E-state index is 0. The second kappa shape index (κ2) is 11.9. The molecule has 0 radical (unpaired) electrons. The van der Waals surface area contributed by atoms with Crippen LogP contribution >= 0.6 is 24.0 Å². The summed E-state index contributed by atoms with van der Waals surface area (Å²) in [5, 5.41) is 3.72. The van der Waals surface area contributed by atoms with E-state index in [9.17, 15) is 0 Å². The van der Waals surface area contributed by atoms with E-state index in [0.29, 0.717) is 5.92 Å². The SMILES string of the molecule is CN=C(NCC1(c2ccc(OC)cc2)CCOCC1)N1CCC(Cc2ccccc2)C1.I. The summed E-state index contributed by atoms with van der Waals surface area (Å²) in [6, 6.07) is 19.4. The average molecular weight is 549 g/mol. The van der Waals surface area contributed by atoms with Crippen LogP contribution in [0, 0.1) is 5.92 Å². The number of guanidine groups is 1. The maximum Gasteiger partial charge on any atom is 0.193 e. The van der Waals surface area contributed by atoms with Gasteiger partial charge in [-0.05, 0) is 54.9 Å². The predicted molar refractivity (Wildman–Crippen MR) is 141 cm³/mol. The van der Waals surface area contributed by atoms with Gasteiger partial charge in [-0.15, -0.1) is 24.0 Å². The monoisotopic (exact) mass is 549 g/mol. The molecule has 0 aliphatic carbocycles. The standard InChI is InChI=1S/C26H35N3O2.HI/c1-27-25(29-15-12-22(19-29)18-21-6-4-3-5-7-21)28-20-26(13-16-31-17-14-26)23-8-10-24(30-2)11-9-23;/h3-11,22H,12-20H2,1-2H3,(H,27,28);1H. The number of aliphatic imine (C=N–C) groups is 1. The normalized spacial score (nSPS) is 20.5. The molecule has 0 saturated carbocycles. The van der Waals surface area contributed by atoms with Crippen molar-refractivity contribution in [2.45, 2.75) is 31.1 Å². The molecule has 4 rings (SSSR count). The summed E-state index contributed by atoms with van der Waals surface area (Å²) >= 11 is 0. The lowest BCUT2D eigenvalue weighted by molar-refractivity contribution is 0.0512. The van der Waals surface area contributed by atoms with E-state index in [0.717, 1.165) is 63.8 Å². The Bertz CT molecular complexity index is 851. The lowest BCUT2D eigenvalue weighted by atomic mass is 9.74. The van der Waals surface area contributed by atoms with Gasteiger partial charge >= 0.3 is 0 Å². The first kappa shape index (κ1) is 24.8. The summed E-state index contributed by atoms with van der Waals surface area (Å²) in [6.07, 6.45) is 4.38. The topological polar surface area (TPSA) is 46.1 Å². The number of hydrogen-bond acceptors (Lipinski definition) is 3. The van der Waals surface area contributed by atoms with Crippen molar-refractivity contribution in [3.8, 4) is 5.75 Å². The second-order valence-electron chi connectivity index (χ2n) is 8.81. The lowest BCUT2D eigenvalue weighted by Gasteiger charge is -2.39. The largest absolute Gasteiger partial charge is 0.497 e. The highest BCUT2D eigenvalue weighted by molar-refractivity contribution is 14.0. The Morgan fingerprint density at radius 2 is 1.84 bits per heavy atom. The number of nitrogens with one attached hydrogen (secondary N) is 1. The molecule has 0 spiro atoms. The minimum Gasteiger partial charge on any atom is -0.497 e. The summed E-state index contributed by atoms with van der Waals surface area (Å²) in [7, 11) is 3.61. The van der Waals surface area contributed by atoms with Gasteiger partial charge in [0.1, 0.15) is 5.75 Å². The Hall–Kier alpha value is -1.80. The van der Waals surface area contributed by atoms with Gasteiger partial charge in [0.25, 0.3) is 0 Å². The van der Waals surface area contributed by atoms with Crippen LogP contribution in [0.1, 0.15) is 30.4 Å². The number of methoxy groups -OCH3 is 1. The first-order valence-corrected chi connectivity index (χ1v) is 11.4. The summed E-state index contributed by atoms with van der Waals surface area (Å²) in [6.45, 7) is 4.60. The third-order valence-electron chi connectivity index (χ3n) is 6.90. The molecule has 6 heteroatoms. The molecule has 2 fully saturated rings. The van der Waals surface area contributed by atoms with Crippen molar-refractivity contribution < 1.29 is 9.47 Å². The first-order valence-electron chi connectivity index (χ1n) is 11.4. The molecule has 1 N–H and O–H groups in total. The Labute approximate surface area is 209 Å². The van der Waals surface area contributed by atoms with Gasteiger partial charge in [0.15, 0.2) is 5.96 Å². The van der Waals surface area contributed by atoms with Crippen molar-refractivity contribution in [1.82, 2.24) is 10.2 Å². The highest BCUT2D eigenvalue weighted by Crippen LogP contribution is 2.35. The molecule has 1 unspecified atom stereocenters. The highest BCUT2D eigenvalue weighted by atomic mass is 127. The molecule has 2 aliphatic heterocycles. The minimum absolute atomic E-state index is 0. The number of ether oxygens (including phenoxy) is 2. The van der Waals surface area contributed by atoms with Crippen molar-refractivity contribution in [3.63, 3.8) is 0 Å². The van der Waals surface area contributed by atoms with E-state index < -0.39 is 0 Å². The van der Waals surface area contributed by atoms with Crippen LogP contribution < -0.4 is 10.1 Å². The van der Waals surface area contributed by atoms with Crippen LogP contribution in [-0.4, -0.2) is 57.9 Å². The summed E-state index contributed by atoms with van der Waals surface area (Å²) in [5.41, 5.74) is 2.84. The zero-order valence-electron chi connectivity index (χ0n) is 19.3. The highest BCUT2D eigenvalue weighted by Gasteiger charge is 2.35. The maximum atomic E-state index is 5.70. The van der Waals surface area contributed by atoms with Gasteiger partial charge in [-0.3, -0.25) is 4.99 Å². The Morgan fingerprint density at radius 3 is 2.50 bits per heavy atom. The fourth-order valence-corrected chi connectivity index (χ4v) is 4.99. The Morgan fingerprint density at radius 1 is 1.12 bits per heavy atom. The molecule has 1 atom stereocenters. The van der Waals surface area contributed by atoms with E-state index in [1.807, 2.05) is 7.05 Å². The first-order chi connectivity index (χ1) is 15.2. The molecule has 0 amide bonds. The van der Waals surface area contributed by atoms with Gasteiger partial charge < -0.3 is 19.7 Å². The summed E-state index contributed by atoms with van der Waals surface area (Å²) < 4.78 is 11.1. The van der Waals surface area contributed by atoms with Gasteiger partial charge in [-0.1, -0.05) is 42.5 Å². The average Bonchev–Trinajstić information content (AvgIpc) is 3.29. The fourth-order valence-electron chi connectivity index (χ4n) is 4.99. The molecule has 2 aliphatic rings. The molecule has 5 nitrogen and oxygen atoms in total. The van der Waals surface area contributed by atoms with E-state index in [1.54, 1.807) is 7.11 Å². The number of benzene rings is 2. The Kier molecular flexibility index (Phi) is 9.22. The molecule has 2 aromatic carbocycles. The van der Waals surface area contributed by atoms with Crippen molar-refractivity contribution in [2.24, 2.45) is 10.9 Å². The number of rotatable bonds is 6. The third-order valence-corrected chi connectivity index (χ3v) is 6.90.